The normalized spacial score (nSPS) is 38.8. The van der Waals surface area contributed by atoms with Gasteiger partial charge in [0, 0.05) is 11.8 Å². The fraction of sp³-hybridized carbons (Fsp3) is 0.778. The number of carboxylic acids is 1. The molecule has 2 aliphatic rings. The molecule has 2 atom stereocenters. The predicted molar refractivity (Wildman–Crippen MR) is 43.2 cm³/mol. The molecular weight excluding hydrogens is 172 g/mol. The van der Waals surface area contributed by atoms with E-state index in [9.17, 15) is 9.59 Å². The van der Waals surface area contributed by atoms with Crippen LogP contribution in [0.5, 0.6) is 0 Å². The molecule has 0 spiro atoms. The summed E-state index contributed by atoms with van der Waals surface area (Å²) in [5, 5.41) is 8.83. The molecular formula is C9H12O4. The number of aliphatic carboxylic acids is 1. The van der Waals surface area contributed by atoms with E-state index < -0.39 is 5.97 Å². The molecule has 0 aromatic rings. The third-order valence-electron chi connectivity index (χ3n) is 2.93. The van der Waals surface area contributed by atoms with E-state index in [1.807, 2.05) is 0 Å². The summed E-state index contributed by atoms with van der Waals surface area (Å²) in [6, 6.07) is 0. The van der Waals surface area contributed by atoms with Crippen LogP contribution in [0.4, 0.5) is 0 Å². The molecule has 2 bridgehead atoms. The van der Waals surface area contributed by atoms with Gasteiger partial charge in [0.05, 0.1) is 19.1 Å². The van der Waals surface area contributed by atoms with Gasteiger partial charge in [-0.25, -0.2) is 0 Å². The quantitative estimate of drug-likeness (QED) is 0.637. The van der Waals surface area contributed by atoms with Crippen molar-refractivity contribution in [3.63, 3.8) is 0 Å². The predicted octanol–water partition coefficient (Wildman–Crippen LogP) is 0.313. The molecule has 4 heteroatoms. The van der Waals surface area contributed by atoms with E-state index in [0.29, 0.717) is 26.1 Å². The topological polar surface area (TPSA) is 63.6 Å². The third kappa shape index (κ3) is 1.46. The van der Waals surface area contributed by atoms with Crippen LogP contribution in [0.15, 0.2) is 0 Å². The Hall–Kier alpha value is -0.900. The smallest absolute Gasteiger partial charge is 0.306 e. The van der Waals surface area contributed by atoms with Crippen molar-refractivity contribution < 1.29 is 19.4 Å². The summed E-state index contributed by atoms with van der Waals surface area (Å²) in [6.07, 6.45) is 0.926. The molecule has 1 aliphatic carbocycles. The van der Waals surface area contributed by atoms with Crippen molar-refractivity contribution >= 4 is 11.8 Å². The number of carbonyl (C=O) groups excluding carboxylic acids is 1. The molecule has 1 heterocycles. The van der Waals surface area contributed by atoms with Crippen molar-refractivity contribution in [1.29, 1.82) is 0 Å². The number of ketones is 1. The minimum Gasteiger partial charge on any atom is -0.481 e. The Morgan fingerprint density at radius 2 is 1.85 bits per heavy atom. The molecule has 0 unspecified atom stereocenters. The highest BCUT2D eigenvalue weighted by Gasteiger charge is 2.41. The van der Waals surface area contributed by atoms with Crippen LogP contribution in [-0.4, -0.2) is 30.1 Å². The fourth-order valence-corrected chi connectivity index (χ4v) is 2.20. The molecule has 1 saturated heterocycles. The van der Waals surface area contributed by atoms with Gasteiger partial charge in [0.15, 0.2) is 0 Å². The van der Waals surface area contributed by atoms with E-state index in [1.165, 1.54) is 0 Å². The Bertz CT molecular complexity index is 232. The number of ether oxygens (including phenoxy) is 1. The van der Waals surface area contributed by atoms with Crippen LogP contribution in [0.1, 0.15) is 12.8 Å². The molecule has 1 N–H and O–H groups in total. The summed E-state index contributed by atoms with van der Waals surface area (Å²) in [5.74, 6) is -1.22. The number of rotatable bonds is 1. The molecule has 2 fully saturated rings. The van der Waals surface area contributed by atoms with Gasteiger partial charge in [0.2, 0.25) is 0 Å². The van der Waals surface area contributed by atoms with E-state index in [0.717, 1.165) is 0 Å². The van der Waals surface area contributed by atoms with E-state index in [4.69, 9.17) is 9.84 Å². The highest BCUT2D eigenvalue weighted by Crippen LogP contribution is 2.34. The summed E-state index contributed by atoms with van der Waals surface area (Å²) >= 11 is 0. The molecule has 1 saturated carbocycles. The van der Waals surface area contributed by atoms with Gasteiger partial charge in [0.1, 0.15) is 5.78 Å². The van der Waals surface area contributed by atoms with Crippen LogP contribution >= 0.6 is 0 Å². The molecule has 72 valence electrons. The van der Waals surface area contributed by atoms with Gasteiger partial charge < -0.3 is 9.84 Å². The minimum atomic E-state index is -0.774. The van der Waals surface area contributed by atoms with Crippen LogP contribution in [0.3, 0.4) is 0 Å². The Balaban J connectivity index is 2.11. The highest BCUT2D eigenvalue weighted by molar-refractivity contribution is 5.87. The largest absolute Gasteiger partial charge is 0.481 e. The Morgan fingerprint density at radius 3 is 2.31 bits per heavy atom. The van der Waals surface area contributed by atoms with Gasteiger partial charge in [-0.1, -0.05) is 0 Å². The number of fused-ring (bicyclic) bond motifs is 2. The van der Waals surface area contributed by atoms with Crippen molar-refractivity contribution in [1.82, 2.24) is 0 Å². The summed E-state index contributed by atoms with van der Waals surface area (Å²) in [7, 11) is 0. The van der Waals surface area contributed by atoms with Crippen LogP contribution < -0.4 is 0 Å². The van der Waals surface area contributed by atoms with Crippen LogP contribution in [0.25, 0.3) is 0 Å². The Kier molecular flexibility index (Phi) is 2.07. The maximum atomic E-state index is 11.5. The van der Waals surface area contributed by atoms with Crippen molar-refractivity contribution in [3.05, 3.63) is 0 Å². The zero-order valence-electron chi connectivity index (χ0n) is 7.23. The van der Waals surface area contributed by atoms with Crippen molar-refractivity contribution in [3.8, 4) is 0 Å². The van der Waals surface area contributed by atoms with E-state index in [2.05, 4.69) is 0 Å². The number of carboxylic acid groups (broad SMARTS) is 1. The lowest BCUT2D eigenvalue weighted by molar-refractivity contribution is -0.153. The number of Topliss-reactive ketones (excluding diaryl/α,β-unsaturated/α-hetero) is 1. The SMILES string of the molecule is O=C(O)C1C[C@H]2COC[C@H](C1)C2=O. The summed E-state index contributed by atoms with van der Waals surface area (Å²) < 4.78 is 5.22. The molecule has 1 aliphatic heterocycles. The third-order valence-corrected chi connectivity index (χ3v) is 2.93. The van der Waals surface area contributed by atoms with Gasteiger partial charge in [-0.3, -0.25) is 9.59 Å². The van der Waals surface area contributed by atoms with Gasteiger partial charge in [-0.05, 0) is 12.8 Å². The average molecular weight is 184 g/mol. The molecule has 0 radical (unpaired) electrons. The first-order chi connectivity index (χ1) is 6.18. The standard InChI is InChI=1S/C9H12O4/c10-8-6-1-5(9(11)12)2-7(8)4-13-3-6/h5-7H,1-4H2,(H,11,12)/t6-,7-/m0/s1. The van der Waals surface area contributed by atoms with Gasteiger partial charge >= 0.3 is 5.97 Å². The maximum absolute atomic E-state index is 11.5. The molecule has 4 nitrogen and oxygen atoms in total. The molecule has 0 amide bonds. The zero-order chi connectivity index (χ0) is 9.42. The van der Waals surface area contributed by atoms with E-state index >= 15 is 0 Å². The number of carbonyl (C=O) groups is 2. The Morgan fingerprint density at radius 1 is 1.31 bits per heavy atom. The first-order valence-electron chi connectivity index (χ1n) is 4.52. The van der Waals surface area contributed by atoms with Crippen molar-refractivity contribution in [2.75, 3.05) is 13.2 Å². The summed E-state index contributed by atoms with van der Waals surface area (Å²) in [5.41, 5.74) is 0. The second kappa shape index (κ2) is 3.10. The zero-order valence-corrected chi connectivity index (χ0v) is 7.23. The minimum absolute atomic E-state index is 0.159. The van der Waals surface area contributed by atoms with Crippen molar-refractivity contribution in [2.24, 2.45) is 17.8 Å². The molecule has 2 rings (SSSR count). The highest BCUT2D eigenvalue weighted by atomic mass is 16.5. The van der Waals surface area contributed by atoms with E-state index in [1.54, 1.807) is 0 Å². The summed E-state index contributed by atoms with van der Waals surface area (Å²) in [4.78, 5) is 22.2. The lowest BCUT2D eigenvalue weighted by Gasteiger charge is -2.35. The second-order valence-corrected chi connectivity index (χ2v) is 3.84. The monoisotopic (exact) mass is 184 g/mol. The van der Waals surface area contributed by atoms with Crippen LogP contribution in [0.2, 0.25) is 0 Å². The second-order valence-electron chi connectivity index (χ2n) is 3.84. The van der Waals surface area contributed by atoms with Gasteiger partial charge in [-0.15, -0.1) is 0 Å². The fourth-order valence-electron chi connectivity index (χ4n) is 2.20. The van der Waals surface area contributed by atoms with Crippen LogP contribution in [0, 0.1) is 17.8 Å². The Labute approximate surface area is 75.9 Å². The summed E-state index contributed by atoms with van der Waals surface area (Å²) in [6.45, 7) is 0.832. The first-order valence-corrected chi connectivity index (χ1v) is 4.52. The van der Waals surface area contributed by atoms with E-state index in [-0.39, 0.29) is 23.5 Å². The van der Waals surface area contributed by atoms with Crippen molar-refractivity contribution in [2.45, 2.75) is 12.8 Å². The van der Waals surface area contributed by atoms with Gasteiger partial charge in [0.25, 0.3) is 0 Å². The molecule has 13 heavy (non-hydrogen) atoms. The molecule has 0 aromatic heterocycles. The first kappa shape index (κ1) is 8.69. The average Bonchev–Trinajstić information content (AvgIpc) is 2.02. The molecule has 0 aromatic carbocycles. The van der Waals surface area contributed by atoms with Gasteiger partial charge in [-0.2, -0.15) is 0 Å². The maximum Gasteiger partial charge on any atom is 0.306 e. The van der Waals surface area contributed by atoms with Crippen LogP contribution in [-0.2, 0) is 14.3 Å². The number of hydrogen-bond donors (Lipinski definition) is 1. The lowest BCUT2D eigenvalue weighted by atomic mass is 9.73. The lowest BCUT2D eigenvalue weighted by Crippen LogP contribution is -2.44. The number of hydrogen-bond acceptors (Lipinski definition) is 3.